The van der Waals surface area contributed by atoms with Gasteiger partial charge in [-0.15, -0.1) is 0 Å². The average Bonchev–Trinajstić information content (AvgIpc) is 2.53. The normalized spacial score (nSPS) is 27.3. The molecule has 2 aliphatic rings. The number of nitrogens with zero attached hydrogens (tertiary/aromatic N) is 2. The van der Waals surface area contributed by atoms with Crippen molar-refractivity contribution in [1.82, 2.24) is 4.90 Å². The smallest absolute Gasteiger partial charge is 0.311 e. The molecule has 0 unspecified atom stereocenters. The zero-order valence-electron chi connectivity index (χ0n) is 12.8. The molecule has 1 aliphatic heterocycles. The van der Waals surface area contributed by atoms with Crippen molar-refractivity contribution in [2.24, 2.45) is 5.92 Å². The van der Waals surface area contributed by atoms with E-state index in [-0.39, 0.29) is 11.5 Å². The lowest BCUT2D eigenvalue weighted by atomic mass is 9.71. The van der Waals surface area contributed by atoms with Crippen LogP contribution in [0.2, 0.25) is 0 Å². The van der Waals surface area contributed by atoms with Gasteiger partial charge >= 0.3 is 5.69 Å². The summed E-state index contributed by atoms with van der Waals surface area (Å²) in [6, 6.07) is 3.96. The van der Waals surface area contributed by atoms with Crippen LogP contribution in [0.1, 0.15) is 42.5 Å². The fraction of sp³-hybridized carbons (Fsp3) is 0.562. The van der Waals surface area contributed by atoms with Crippen LogP contribution in [-0.4, -0.2) is 44.6 Å². The van der Waals surface area contributed by atoms with Crippen molar-refractivity contribution in [3.63, 3.8) is 0 Å². The van der Waals surface area contributed by atoms with E-state index in [1.807, 2.05) is 0 Å². The van der Waals surface area contributed by atoms with Gasteiger partial charge in [0.05, 0.1) is 16.1 Å². The number of rotatable bonds is 2. The van der Waals surface area contributed by atoms with Crippen molar-refractivity contribution in [3.05, 3.63) is 33.9 Å². The minimum atomic E-state index is -0.706. The SMILES string of the molecule is O=C(c1cccc([N+](=O)[O-])c1O)N1CC[C@]2(O)CCCC[C@H]2C1. The molecule has 1 aromatic rings. The van der Waals surface area contributed by atoms with Crippen molar-refractivity contribution in [2.45, 2.75) is 37.7 Å². The Labute approximate surface area is 133 Å². The zero-order valence-corrected chi connectivity index (χ0v) is 12.8. The summed E-state index contributed by atoms with van der Waals surface area (Å²) in [5.74, 6) is -0.972. The summed E-state index contributed by atoms with van der Waals surface area (Å²) in [5, 5.41) is 31.6. The van der Waals surface area contributed by atoms with Crippen molar-refractivity contribution in [1.29, 1.82) is 0 Å². The highest BCUT2D eigenvalue weighted by Crippen LogP contribution is 2.40. The van der Waals surface area contributed by atoms with Gasteiger partial charge in [0.2, 0.25) is 5.75 Å². The molecule has 1 aliphatic carbocycles. The number of aliphatic hydroxyl groups is 1. The molecule has 0 radical (unpaired) electrons. The maximum atomic E-state index is 12.6. The molecule has 2 fully saturated rings. The van der Waals surface area contributed by atoms with E-state index >= 15 is 0 Å². The maximum absolute atomic E-state index is 12.6. The number of fused-ring (bicyclic) bond motifs is 1. The second-order valence-electron chi connectivity index (χ2n) is 6.48. The highest BCUT2D eigenvalue weighted by Gasteiger charge is 2.44. The second kappa shape index (κ2) is 5.81. The number of para-hydroxylation sites is 1. The number of hydrogen-bond acceptors (Lipinski definition) is 5. The molecular formula is C16H20N2O5. The van der Waals surface area contributed by atoms with E-state index < -0.39 is 27.9 Å². The molecule has 1 saturated heterocycles. The number of amides is 1. The fourth-order valence-corrected chi connectivity index (χ4v) is 3.78. The van der Waals surface area contributed by atoms with Gasteiger partial charge in [-0.2, -0.15) is 0 Å². The van der Waals surface area contributed by atoms with E-state index in [0.717, 1.165) is 25.7 Å². The Kier molecular flexibility index (Phi) is 3.97. The number of aromatic hydroxyl groups is 1. The van der Waals surface area contributed by atoms with Gasteiger partial charge in [0.1, 0.15) is 0 Å². The summed E-state index contributed by atoms with van der Waals surface area (Å²) >= 11 is 0. The van der Waals surface area contributed by atoms with Crippen LogP contribution in [0, 0.1) is 16.0 Å². The van der Waals surface area contributed by atoms with Gasteiger partial charge in [0.25, 0.3) is 5.91 Å². The van der Waals surface area contributed by atoms with Gasteiger partial charge in [0, 0.05) is 25.1 Å². The molecule has 2 N–H and O–H groups in total. The number of piperidine rings is 1. The highest BCUT2D eigenvalue weighted by atomic mass is 16.6. The van der Waals surface area contributed by atoms with Crippen LogP contribution < -0.4 is 0 Å². The molecular weight excluding hydrogens is 300 g/mol. The van der Waals surface area contributed by atoms with Gasteiger partial charge in [-0.1, -0.05) is 18.9 Å². The number of phenols is 1. The number of hydrogen-bond donors (Lipinski definition) is 2. The average molecular weight is 320 g/mol. The topological polar surface area (TPSA) is 104 Å². The first-order valence-corrected chi connectivity index (χ1v) is 7.90. The van der Waals surface area contributed by atoms with E-state index in [2.05, 4.69) is 0 Å². The number of carbonyl (C=O) groups is 1. The van der Waals surface area contributed by atoms with Gasteiger partial charge in [-0.25, -0.2) is 0 Å². The Hall–Kier alpha value is -2.15. The number of likely N-dealkylation sites (tertiary alicyclic amines) is 1. The van der Waals surface area contributed by atoms with Crippen LogP contribution in [0.5, 0.6) is 5.75 Å². The molecule has 0 spiro atoms. The van der Waals surface area contributed by atoms with Crippen LogP contribution in [0.3, 0.4) is 0 Å². The minimum absolute atomic E-state index is 0.0368. The van der Waals surface area contributed by atoms with Gasteiger partial charge in [0.15, 0.2) is 0 Å². The predicted molar refractivity (Wildman–Crippen MR) is 82.2 cm³/mol. The monoisotopic (exact) mass is 320 g/mol. The standard InChI is InChI=1S/C16H20N2O5/c19-14-12(5-3-6-13(14)18(22)23)15(20)17-9-8-16(21)7-2-1-4-11(16)10-17/h3,5-6,11,19,21H,1-2,4,7-10H2/t11-,16+/m0/s1. The zero-order chi connectivity index (χ0) is 16.6. The van der Waals surface area contributed by atoms with Crippen molar-refractivity contribution in [2.75, 3.05) is 13.1 Å². The summed E-state index contributed by atoms with van der Waals surface area (Å²) in [6.07, 6.45) is 4.20. The van der Waals surface area contributed by atoms with E-state index in [1.54, 1.807) is 4.90 Å². The molecule has 23 heavy (non-hydrogen) atoms. The summed E-state index contributed by atoms with van der Waals surface area (Å²) in [4.78, 5) is 24.4. The summed E-state index contributed by atoms with van der Waals surface area (Å²) in [7, 11) is 0. The van der Waals surface area contributed by atoms with Crippen LogP contribution >= 0.6 is 0 Å². The predicted octanol–water partition coefficient (Wildman–Crippen LogP) is 2.07. The first-order valence-electron chi connectivity index (χ1n) is 7.90. The van der Waals surface area contributed by atoms with Gasteiger partial charge < -0.3 is 15.1 Å². The Bertz CT molecular complexity index is 647. The van der Waals surface area contributed by atoms with Gasteiger partial charge in [-0.3, -0.25) is 14.9 Å². The third-order valence-electron chi connectivity index (χ3n) is 5.16. The van der Waals surface area contributed by atoms with E-state index in [9.17, 15) is 25.1 Å². The van der Waals surface area contributed by atoms with Gasteiger partial charge in [-0.05, 0) is 25.3 Å². The third kappa shape index (κ3) is 2.76. The van der Waals surface area contributed by atoms with Crippen LogP contribution in [0.25, 0.3) is 0 Å². The molecule has 7 nitrogen and oxygen atoms in total. The fourth-order valence-electron chi connectivity index (χ4n) is 3.78. The van der Waals surface area contributed by atoms with Crippen LogP contribution in [-0.2, 0) is 0 Å². The quantitative estimate of drug-likeness (QED) is 0.641. The van der Waals surface area contributed by atoms with Crippen LogP contribution in [0.15, 0.2) is 18.2 Å². The van der Waals surface area contributed by atoms with E-state index in [0.29, 0.717) is 19.5 Å². The lowest BCUT2D eigenvalue weighted by molar-refractivity contribution is -0.385. The minimum Gasteiger partial charge on any atom is -0.502 e. The van der Waals surface area contributed by atoms with Crippen LogP contribution in [0.4, 0.5) is 5.69 Å². The first-order chi connectivity index (χ1) is 10.9. The maximum Gasteiger partial charge on any atom is 0.311 e. The molecule has 1 saturated carbocycles. The van der Waals surface area contributed by atoms with E-state index in [4.69, 9.17) is 0 Å². The van der Waals surface area contributed by atoms with Crippen molar-refractivity contribution < 1.29 is 19.9 Å². The highest BCUT2D eigenvalue weighted by molar-refractivity contribution is 5.98. The first kappa shape index (κ1) is 15.7. The lowest BCUT2D eigenvalue weighted by Gasteiger charge is -2.47. The van der Waals surface area contributed by atoms with E-state index in [1.165, 1.54) is 18.2 Å². The Morgan fingerprint density at radius 3 is 2.87 bits per heavy atom. The number of nitro benzene ring substituents is 1. The second-order valence-corrected chi connectivity index (χ2v) is 6.48. The third-order valence-corrected chi connectivity index (χ3v) is 5.16. The largest absolute Gasteiger partial charge is 0.502 e. The molecule has 0 aromatic heterocycles. The molecule has 1 aromatic carbocycles. The molecule has 7 heteroatoms. The summed E-state index contributed by atoms with van der Waals surface area (Å²) in [6.45, 7) is 0.825. The summed E-state index contributed by atoms with van der Waals surface area (Å²) in [5.41, 5.74) is -1.22. The number of benzene rings is 1. The number of phenolic OH excluding ortho intramolecular Hbond substituents is 1. The molecule has 2 atom stereocenters. The summed E-state index contributed by atoms with van der Waals surface area (Å²) < 4.78 is 0. The molecule has 3 rings (SSSR count). The molecule has 0 bridgehead atoms. The Morgan fingerprint density at radius 1 is 1.35 bits per heavy atom. The Morgan fingerprint density at radius 2 is 2.13 bits per heavy atom. The van der Waals surface area contributed by atoms with Crippen molar-refractivity contribution in [3.8, 4) is 5.75 Å². The molecule has 124 valence electrons. The Balaban J connectivity index is 1.82. The number of carbonyl (C=O) groups excluding carboxylic acids is 1. The number of nitro groups is 1. The van der Waals surface area contributed by atoms with Crippen molar-refractivity contribution >= 4 is 11.6 Å². The molecule has 1 amide bonds. The lowest BCUT2D eigenvalue weighted by Crippen LogP contribution is -2.54. The molecule has 1 heterocycles.